The van der Waals surface area contributed by atoms with Crippen LogP contribution in [0.4, 0.5) is 5.69 Å². The molecule has 1 aromatic rings. The fourth-order valence-electron chi connectivity index (χ4n) is 1.12. The van der Waals surface area contributed by atoms with Gasteiger partial charge in [0.05, 0.1) is 6.20 Å². The maximum Gasteiger partial charge on any atom is 0.264 e. The molecule has 1 amide bonds. The lowest BCUT2D eigenvalue weighted by Gasteiger charge is -2.24. The fraction of sp³-hybridized carbons (Fsp3) is 0.250. The van der Waals surface area contributed by atoms with Crippen molar-refractivity contribution in [2.45, 2.75) is 0 Å². The molecule has 0 bridgehead atoms. The lowest BCUT2D eigenvalue weighted by atomic mass is 10.3. The second-order valence-corrected chi connectivity index (χ2v) is 2.58. The zero-order valence-corrected chi connectivity index (χ0v) is 6.65. The van der Waals surface area contributed by atoms with E-state index in [2.05, 4.69) is 4.98 Å². The van der Waals surface area contributed by atoms with E-state index in [1.165, 1.54) is 0 Å². The van der Waals surface area contributed by atoms with E-state index < -0.39 is 0 Å². The van der Waals surface area contributed by atoms with Gasteiger partial charge in [-0.15, -0.1) is 0 Å². The SMILES string of the molecule is CN1C(=O)COc2ccncc21. The molecule has 1 aromatic heterocycles. The molecule has 62 valence electrons. The van der Waals surface area contributed by atoms with Gasteiger partial charge in [-0.05, 0) is 0 Å². The second-order valence-electron chi connectivity index (χ2n) is 2.58. The van der Waals surface area contributed by atoms with Crippen LogP contribution in [-0.2, 0) is 4.79 Å². The minimum atomic E-state index is -0.0458. The monoisotopic (exact) mass is 164 g/mol. The van der Waals surface area contributed by atoms with E-state index in [-0.39, 0.29) is 12.5 Å². The number of likely N-dealkylation sites (N-methyl/N-ethyl adjacent to an activating group) is 1. The zero-order chi connectivity index (χ0) is 8.55. The van der Waals surface area contributed by atoms with Crippen molar-refractivity contribution in [1.29, 1.82) is 0 Å². The summed E-state index contributed by atoms with van der Waals surface area (Å²) in [5, 5.41) is 0. The molecular weight excluding hydrogens is 156 g/mol. The Morgan fingerprint density at radius 3 is 3.33 bits per heavy atom. The van der Waals surface area contributed by atoms with Crippen LogP contribution in [0.15, 0.2) is 18.5 Å². The Hall–Kier alpha value is -1.58. The van der Waals surface area contributed by atoms with Gasteiger partial charge in [0.2, 0.25) is 0 Å². The number of carbonyl (C=O) groups is 1. The number of fused-ring (bicyclic) bond motifs is 1. The molecule has 4 heteroatoms. The van der Waals surface area contributed by atoms with Gasteiger partial charge in [-0.2, -0.15) is 0 Å². The van der Waals surface area contributed by atoms with Crippen LogP contribution < -0.4 is 9.64 Å². The van der Waals surface area contributed by atoms with Gasteiger partial charge in [-0.1, -0.05) is 0 Å². The van der Waals surface area contributed by atoms with Crippen LogP contribution in [0.25, 0.3) is 0 Å². The number of nitrogens with zero attached hydrogens (tertiary/aromatic N) is 2. The van der Waals surface area contributed by atoms with E-state index in [1.807, 2.05) is 0 Å². The van der Waals surface area contributed by atoms with Gasteiger partial charge in [-0.25, -0.2) is 0 Å². The molecule has 0 radical (unpaired) electrons. The number of rotatable bonds is 0. The standard InChI is InChI=1S/C8H8N2O2/c1-10-6-4-9-3-2-7(6)12-5-8(10)11/h2-4H,5H2,1H3. The van der Waals surface area contributed by atoms with Crippen LogP contribution in [0.1, 0.15) is 0 Å². The van der Waals surface area contributed by atoms with Gasteiger partial charge >= 0.3 is 0 Å². The van der Waals surface area contributed by atoms with E-state index in [0.29, 0.717) is 5.75 Å². The molecule has 0 saturated carbocycles. The zero-order valence-electron chi connectivity index (χ0n) is 6.65. The first-order chi connectivity index (χ1) is 5.79. The van der Waals surface area contributed by atoms with Crippen molar-refractivity contribution >= 4 is 11.6 Å². The average Bonchev–Trinajstić information content (AvgIpc) is 2.12. The Balaban J connectivity index is 2.48. The highest BCUT2D eigenvalue weighted by Gasteiger charge is 2.21. The summed E-state index contributed by atoms with van der Waals surface area (Å²) < 4.78 is 5.17. The Morgan fingerprint density at radius 1 is 1.67 bits per heavy atom. The second kappa shape index (κ2) is 2.48. The average molecular weight is 164 g/mol. The van der Waals surface area contributed by atoms with Crippen LogP contribution >= 0.6 is 0 Å². The first kappa shape index (κ1) is 7.09. The molecule has 0 fully saturated rings. The van der Waals surface area contributed by atoms with Crippen molar-refractivity contribution in [1.82, 2.24) is 4.98 Å². The highest BCUT2D eigenvalue weighted by Crippen LogP contribution is 2.28. The smallest absolute Gasteiger partial charge is 0.264 e. The van der Waals surface area contributed by atoms with Crippen LogP contribution in [0.2, 0.25) is 0 Å². The van der Waals surface area contributed by atoms with Gasteiger partial charge < -0.3 is 9.64 Å². The molecule has 0 atom stereocenters. The lowest BCUT2D eigenvalue weighted by Crippen LogP contribution is -2.35. The Bertz CT molecular complexity index is 325. The topological polar surface area (TPSA) is 42.4 Å². The number of aromatic nitrogens is 1. The molecule has 12 heavy (non-hydrogen) atoms. The molecule has 0 aliphatic carbocycles. The van der Waals surface area contributed by atoms with Gasteiger partial charge in [0.15, 0.2) is 6.61 Å². The Morgan fingerprint density at radius 2 is 2.50 bits per heavy atom. The summed E-state index contributed by atoms with van der Waals surface area (Å²) in [5.74, 6) is 0.669. The predicted octanol–water partition coefficient (Wildman–Crippen LogP) is 0.437. The Kier molecular flexibility index (Phi) is 1.46. The molecule has 0 spiro atoms. The number of amides is 1. The maximum absolute atomic E-state index is 11.1. The molecule has 2 rings (SSSR count). The highest BCUT2D eigenvalue weighted by atomic mass is 16.5. The van der Waals surface area contributed by atoms with Crippen LogP contribution in [0.3, 0.4) is 0 Å². The van der Waals surface area contributed by atoms with E-state index in [4.69, 9.17) is 4.74 Å². The third-order valence-electron chi connectivity index (χ3n) is 1.85. The summed E-state index contributed by atoms with van der Waals surface area (Å²) in [6, 6.07) is 1.75. The normalized spacial score (nSPS) is 15.4. The molecule has 4 nitrogen and oxygen atoms in total. The van der Waals surface area contributed by atoms with Crippen molar-refractivity contribution < 1.29 is 9.53 Å². The molecule has 0 saturated heterocycles. The Labute approximate surface area is 69.8 Å². The molecule has 0 unspecified atom stereocenters. The molecule has 2 heterocycles. The van der Waals surface area contributed by atoms with E-state index >= 15 is 0 Å². The van der Waals surface area contributed by atoms with Crippen molar-refractivity contribution in [3.63, 3.8) is 0 Å². The van der Waals surface area contributed by atoms with Crippen LogP contribution in [0.5, 0.6) is 5.75 Å². The van der Waals surface area contributed by atoms with Gasteiger partial charge in [0.25, 0.3) is 5.91 Å². The molecule has 1 aliphatic rings. The number of hydrogen-bond donors (Lipinski definition) is 0. The summed E-state index contributed by atoms with van der Waals surface area (Å²) in [5.41, 5.74) is 0.730. The van der Waals surface area contributed by atoms with Crippen LogP contribution in [0, 0.1) is 0 Å². The first-order valence-electron chi connectivity index (χ1n) is 3.62. The summed E-state index contributed by atoms with van der Waals surface area (Å²) in [6.45, 7) is 0.119. The summed E-state index contributed by atoms with van der Waals surface area (Å²) in [4.78, 5) is 16.6. The molecule has 1 aliphatic heterocycles. The maximum atomic E-state index is 11.1. The number of ether oxygens (including phenoxy) is 1. The highest BCUT2D eigenvalue weighted by molar-refractivity contribution is 5.96. The third kappa shape index (κ3) is 0.922. The number of hydrogen-bond acceptors (Lipinski definition) is 3. The van der Waals surface area contributed by atoms with Crippen molar-refractivity contribution in [3.05, 3.63) is 18.5 Å². The predicted molar refractivity (Wildman–Crippen MR) is 43.1 cm³/mol. The van der Waals surface area contributed by atoms with Gasteiger partial charge in [0, 0.05) is 19.3 Å². The largest absolute Gasteiger partial charge is 0.481 e. The molecule has 0 aromatic carbocycles. The summed E-state index contributed by atoms with van der Waals surface area (Å²) >= 11 is 0. The number of anilines is 1. The van der Waals surface area contributed by atoms with E-state index in [9.17, 15) is 4.79 Å². The third-order valence-corrected chi connectivity index (χ3v) is 1.85. The first-order valence-corrected chi connectivity index (χ1v) is 3.62. The van der Waals surface area contributed by atoms with Crippen molar-refractivity contribution in [3.8, 4) is 5.75 Å². The lowest BCUT2D eigenvalue weighted by molar-refractivity contribution is -0.120. The number of pyridine rings is 1. The van der Waals surface area contributed by atoms with Gasteiger partial charge in [-0.3, -0.25) is 9.78 Å². The molecular formula is C8H8N2O2. The quantitative estimate of drug-likeness (QED) is 0.558. The fourth-order valence-corrected chi connectivity index (χ4v) is 1.12. The van der Waals surface area contributed by atoms with Gasteiger partial charge in [0.1, 0.15) is 11.4 Å². The van der Waals surface area contributed by atoms with E-state index in [0.717, 1.165) is 5.69 Å². The minimum Gasteiger partial charge on any atom is -0.481 e. The van der Waals surface area contributed by atoms with Crippen molar-refractivity contribution in [2.75, 3.05) is 18.6 Å². The summed E-state index contributed by atoms with van der Waals surface area (Å²) in [6.07, 6.45) is 3.26. The minimum absolute atomic E-state index is 0.0458. The van der Waals surface area contributed by atoms with Crippen molar-refractivity contribution in [2.24, 2.45) is 0 Å². The molecule has 0 N–H and O–H groups in total. The summed E-state index contributed by atoms with van der Waals surface area (Å²) in [7, 11) is 1.71. The van der Waals surface area contributed by atoms with E-state index in [1.54, 1.807) is 30.4 Å². The number of carbonyl (C=O) groups excluding carboxylic acids is 1. The van der Waals surface area contributed by atoms with Crippen LogP contribution in [-0.4, -0.2) is 24.5 Å².